The van der Waals surface area contributed by atoms with Crippen molar-refractivity contribution >= 4 is 93.6 Å². The standard InChI is InChI=1S/C35H50O7.2Ca.4H/c1-32(2,3)23-17-21(18-24(29(23)38)33(4,5)6)13-15-27(36)41-31(40)42-28(37)16-14-22-19-25(34(7,8)9)30(39)26(20-22)35(10,11)12;;;;;;/h17-20,38-39H,13-16H2,1-12H3;;;;;;. The number of phenolic OH excluding ortho intramolecular Hbond substituents is 2. The maximum absolute atomic E-state index is 12.4. The third-order valence-corrected chi connectivity index (χ3v) is 7.20. The van der Waals surface area contributed by atoms with Crippen molar-refractivity contribution in [2.24, 2.45) is 0 Å². The second-order valence-corrected chi connectivity index (χ2v) is 15.3. The molecule has 0 aliphatic carbocycles. The average molecular weight is 667 g/mol. The summed E-state index contributed by atoms with van der Waals surface area (Å²) in [6.07, 6.45) is -0.961. The molecule has 0 aliphatic heterocycles. The third-order valence-electron chi connectivity index (χ3n) is 7.20. The Labute approximate surface area is 323 Å². The quantitative estimate of drug-likeness (QED) is 0.214. The van der Waals surface area contributed by atoms with Crippen molar-refractivity contribution in [3.63, 3.8) is 0 Å². The van der Waals surface area contributed by atoms with Gasteiger partial charge in [0.15, 0.2) is 0 Å². The fourth-order valence-corrected chi connectivity index (χ4v) is 4.77. The fraction of sp³-hybridized carbons (Fsp3) is 0.571. The van der Waals surface area contributed by atoms with Gasteiger partial charge in [-0.2, -0.15) is 0 Å². The van der Waals surface area contributed by atoms with Crippen molar-refractivity contribution < 1.29 is 34.1 Å². The minimum absolute atomic E-state index is 0. The summed E-state index contributed by atoms with van der Waals surface area (Å²) in [5.74, 6) is -1.11. The number of carbonyl (C=O) groups excluding carboxylic acids is 3. The van der Waals surface area contributed by atoms with Gasteiger partial charge in [0.25, 0.3) is 0 Å². The fourth-order valence-electron chi connectivity index (χ4n) is 4.77. The van der Waals surface area contributed by atoms with E-state index in [-0.39, 0.29) is 121 Å². The molecular weight excluding hydrogens is 613 g/mol. The number of hydrogen-bond acceptors (Lipinski definition) is 7. The van der Waals surface area contributed by atoms with E-state index in [0.717, 1.165) is 33.4 Å². The van der Waals surface area contributed by atoms with Crippen molar-refractivity contribution in [3.8, 4) is 11.5 Å². The van der Waals surface area contributed by atoms with E-state index in [1.54, 1.807) is 0 Å². The molecule has 2 aromatic rings. The van der Waals surface area contributed by atoms with E-state index in [2.05, 4.69) is 0 Å². The zero-order valence-corrected chi connectivity index (χ0v) is 27.6. The van der Waals surface area contributed by atoms with Crippen LogP contribution in [0.1, 0.15) is 129 Å². The minimum atomic E-state index is -1.35. The van der Waals surface area contributed by atoms with Crippen LogP contribution in [0.4, 0.5) is 4.79 Å². The molecule has 44 heavy (non-hydrogen) atoms. The zero-order chi connectivity index (χ0) is 32.4. The van der Waals surface area contributed by atoms with Gasteiger partial charge >= 0.3 is 93.6 Å². The molecule has 9 heteroatoms. The second-order valence-electron chi connectivity index (χ2n) is 15.3. The Hall–Kier alpha value is -0.831. The monoisotopic (exact) mass is 666 g/mol. The number of esters is 2. The molecule has 0 spiro atoms. The van der Waals surface area contributed by atoms with E-state index in [9.17, 15) is 24.6 Å². The van der Waals surface area contributed by atoms with Crippen LogP contribution >= 0.6 is 0 Å². The number of aromatic hydroxyl groups is 2. The summed E-state index contributed by atoms with van der Waals surface area (Å²) in [5.41, 5.74) is 3.54. The summed E-state index contributed by atoms with van der Waals surface area (Å²) in [7, 11) is 0. The molecule has 0 fully saturated rings. The number of carbonyl (C=O) groups is 3. The summed E-state index contributed by atoms with van der Waals surface area (Å²) in [6, 6.07) is 7.50. The number of hydrogen-bond donors (Lipinski definition) is 2. The van der Waals surface area contributed by atoms with Gasteiger partial charge in [-0.05, 0) is 67.9 Å². The van der Waals surface area contributed by atoms with Crippen LogP contribution in [0.25, 0.3) is 0 Å². The van der Waals surface area contributed by atoms with Crippen molar-refractivity contribution in [2.75, 3.05) is 0 Å². The SMILES string of the molecule is CC(C)(C)c1cc(CCC(=O)OC(=O)OC(=O)CCc2cc(C(C)(C)C)c(O)c(C(C)(C)C)c2)cc(C(C)(C)C)c1O.[CaH2].[CaH2]. The van der Waals surface area contributed by atoms with Crippen molar-refractivity contribution in [1.82, 2.24) is 0 Å². The van der Waals surface area contributed by atoms with Gasteiger partial charge in [0.2, 0.25) is 0 Å². The first-order chi connectivity index (χ1) is 18.9. The maximum atomic E-state index is 12.4. The molecule has 0 aliphatic rings. The second kappa shape index (κ2) is 16.3. The van der Waals surface area contributed by atoms with E-state index in [0.29, 0.717) is 12.8 Å². The molecule has 0 amide bonds. The van der Waals surface area contributed by atoms with Gasteiger partial charge in [-0.15, -0.1) is 0 Å². The Kier molecular flexibility index (Phi) is 16.0. The summed E-state index contributed by atoms with van der Waals surface area (Å²) < 4.78 is 9.51. The van der Waals surface area contributed by atoms with Crippen LogP contribution < -0.4 is 0 Å². The first kappa shape index (κ1) is 43.2. The average Bonchev–Trinajstić information content (AvgIpc) is 2.79. The summed E-state index contributed by atoms with van der Waals surface area (Å²) in [4.78, 5) is 37.0. The zero-order valence-electron chi connectivity index (χ0n) is 27.6. The molecule has 0 heterocycles. The topological polar surface area (TPSA) is 110 Å². The molecule has 0 saturated heterocycles. The van der Waals surface area contributed by atoms with E-state index in [1.807, 2.05) is 107 Å². The summed E-state index contributed by atoms with van der Waals surface area (Å²) in [6.45, 7) is 24.1. The summed E-state index contributed by atoms with van der Waals surface area (Å²) in [5, 5.41) is 21.8. The predicted octanol–water partition coefficient (Wildman–Crippen LogP) is 6.23. The number of ether oxygens (including phenoxy) is 2. The molecule has 2 aromatic carbocycles. The Bertz CT molecular complexity index is 1160. The first-order valence-electron chi connectivity index (χ1n) is 14.6. The Morgan fingerprint density at radius 1 is 0.523 bits per heavy atom. The number of phenols is 2. The molecule has 7 nitrogen and oxygen atoms in total. The van der Waals surface area contributed by atoms with E-state index >= 15 is 0 Å². The molecule has 0 aromatic heterocycles. The van der Waals surface area contributed by atoms with Crippen molar-refractivity contribution in [3.05, 3.63) is 57.6 Å². The first-order valence-corrected chi connectivity index (χ1v) is 14.6. The molecule has 240 valence electrons. The van der Waals surface area contributed by atoms with Crippen molar-refractivity contribution in [1.29, 1.82) is 0 Å². The van der Waals surface area contributed by atoms with Crippen LogP contribution in [0.15, 0.2) is 24.3 Å². The number of aryl methyl sites for hydroxylation is 2. The van der Waals surface area contributed by atoms with E-state index in [4.69, 9.17) is 9.47 Å². The molecule has 0 bridgehead atoms. The van der Waals surface area contributed by atoms with Crippen LogP contribution in [-0.2, 0) is 53.6 Å². The van der Waals surface area contributed by atoms with E-state index in [1.165, 1.54) is 0 Å². The molecule has 2 N–H and O–H groups in total. The van der Waals surface area contributed by atoms with E-state index < -0.39 is 18.1 Å². The molecular formula is C35H54Ca2O7. The Morgan fingerprint density at radius 3 is 0.955 bits per heavy atom. The van der Waals surface area contributed by atoms with Gasteiger partial charge in [0.1, 0.15) is 11.5 Å². The molecule has 2 rings (SSSR count). The number of benzene rings is 2. The van der Waals surface area contributed by atoms with Crippen LogP contribution in [0.5, 0.6) is 11.5 Å². The molecule has 0 saturated carbocycles. The van der Waals surface area contributed by atoms with Crippen LogP contribution in [0, 0.1) is 0 Å². The van der Waals surface area contributed by atoms with Gasteiger partial charge < -0.3 is 19.7 Å². The third kappa shape index (κ3) is 12.4. The van der Waals surface area contributed by atoms with Gasteiger partial charge in [-0.3, -0.25) is 9.59 Å². The van der Waals surface area contributed by atoms with Crippen LogP contribution in [-0.4, -0.2) is 104 Å². The van der Waals surface area contributed by atoms with Crippen molar-refractivity contribution in [2.45, 2.75) is 130 Å². The van der Waals surface area contributed by atoms with Crippen LogP contribution in [0.3, 0.4) is 0 Å². The molecule has 0 atom stereocenters. The molecule has 0 unspecified atom stereocenters. The van der Waals surface area contributed by atoms with Gasteiger partial charge in [-0.1, -0.05) is 107 Å². The van der Waals surface area contributed by atoms with Gasteiger partial charge in [-0.25, -0.2) is 4.79 Å². The van der Waals surface area contributed by atoms with Gasteiger partial charge in [0.05, 0.1) is 12.8 Å². The predicted molar refractivity (Wildman–Crippen MR) is 182 cm³/mol. The number of rotatable bonds is 6. The summed E-state index contributed by atoms with van der Waals surface area (Å²) >= 11 is 0. The Balaban J connectivity index is 0.00000924. The molecule has 0 radical (unpaired) electrons. The Morgan fingerprint density at radius 2 is 0.750 bits per heavy atom. The van der Waals surface area contributed by atoms with Gasteiger partial charge in [0, 0.05) is 0 Å². The van der Waals surface area contributed by atoms with Crippen LogP contribution in [0.2, 0.25) is 0 Å². The normalized spacial score (nSPS) is 12.1.